The van der Waals surface area contributed by atoms with E-state index in [1.165, 1.54) is 16.9 Å². The molecule has 2 aromatic carbocycles. The number of anilines is 1. The van der Waals surface area contributed by atoms with Gasteiger partial charge in [-0.05, 0) is 83.4 Å². The van der Waals surface area contributed by atoms with E-state index in [4.69, 9.17) is 21.1 Å². The van der Waals surface area contributed by atoms with E-state index < -0.39 is 23.4 Å². The Morgan fingerprint density at radius 2 is 1.81 bits per heavy atom. The van der Waals surface area contributed by atoms with Crippen molar-refractivity contribution in [2.24, 2.45) is 0 Å². The first-order valence-electron chi connectivity index (χ1n) is 16.1. The summed E-state index contributed by atoms with van der Waals surface area (Å²) < 4.78 is 27.3. The fourth-order valence-corrected chi connectivity index (χ4v) is 6.86. The van der Waals surface area contributed by atoms with Crippen molar-refractivity contribution in [1.82, 2.24) is 24.6 Å². The molecule has 13 heteroatoms. The third kappa shape index (κ3) is 6.69. The first kappa shape index (κ1) is 33.6. The summed E-state index contributed by atoms with van der Waals surface area (Å²) >= 11 is 6.02. The van der Waals surface area contributed by atoms with Crippen LogP contribution in [-0.2, 0) is 14.3 Å². The molecule has 2 aliphatic heterocycles. The van der Waals surface area contributed by atoms with Gasteiger partial charge in [0.25, 0.3) is 5.91 Å². The molecule has 6 rings (SSSR count). The summed E-state index contributed by atoms with van der Waals surface area (Å²) in [4.78, 5) is 48.0. The first-order valence-corrected chi connectivity index (χ1v) is 16.5. The molecule has 2 N–H and O–H groups in total. The molecule has 0 spiro atoms. The van der Waals surface area contributed by atoms with Crippen LogP contribution in [0, 0.1) is 12.7 Å². The molecule has 0 saturated carbocycles. The van der Waals surface area contributed by atoms with E-state index in [9.17, 15) is 18.8 Å². The van der Waals surface area contributed by atoms with Crippen LogP contribution < -0.4 is 5.32 Å². The molecule has 2 saturated heterocycles. The zero-order valence-corrected chi connectivity index (χ0v) is 28.4. The van der Waals surface area contributed by atoms with Crippen molar-refractivity contribution in [1.29, 1.82) is 0 Å². The Labute approximate surface area is 283 Å². The van der Waals surface area contributed by atoms with Crippen molar-refractivity contribution >= 4 is 46.0 Å². The lowest BCUT2D eigenvalue weighted by atomic mass is 10.00. The number of halogens is 2. The minimum atomic E-state index is -0.804. The van der Waals surface area contributed by atoms with E-state index >= 15 is 0 Å². The van der Waals surface area contributed by atoms with Crippen LogP contribution in [0.15, 0.2) is 48.7 Å². The number of nitrogens with one attached hydrogen (secondary N) is 2. The van der Waals surface area contributed by atoms with Crippen molar-refractivity contribution in [2.45, 2.75) is 70.7 Å². The Morgan fingerprint density at radius 3 is 2.52 bits per heavy atom. The Hall–Kier alpha value is -4.26. The van der Waals surface area contributed by atoms with Crippen LogP contribution in [0.1, 0.15) is 66.6 Å². The van der Waals surface area contributed by atoms with Gasteiger partial charge in [0.1, 0.15) is 23.0 Å². The lowest BCUT2D eigenvalue weighted by molar-refractivity contribution is -0.121. The molecule has 0 aliphatic carbocycles. The topological polar surface area (TPSA) is 122 Å². The fourth-order valence-electron chi connectivity index (χ4n) is 6.69. The molecule has 4 aromatic rings. The Balaban J connectivity index is 1.28. The number of benzene rings is 2. The van der Waals surface area contributed by atoms with E-state index in [1.807, 2.05) is 0 Å². The average molecular weight is 679 g/mol. The molecule has 2 atom stereocenters. The summed E-state index contributed by atoms with van der Waals surface area (Å²) in [6.07, 6.45) is 3.83. The van der Waals surface area contributed by atoms with Gasteiger partial charge in [-0.15, -0.1) is 0 Å². The smallest absolute Gasteiger partial charge is 0.355 e. The molecule has 11 nitrogen and oxygen atoms in total. The zero-order valence-electron chi connectivity index (χ0n) is 27.7. The largest absolute Gasteiger partial charge is 0.455 e. The summed E-state index contributed by atoms with van der Waals surface area (Å²) in [5.41, 5.74) is 1.74. The minimum Gasteiger partial charge on any atom is -0.455 e. The van der Waals surface area contributed by atoms with Crippen molar-refractivity contribution < 1.29 is 28.2 Å². The highest BCUT2D eigenvalue weighted by molar-refractivity contribution is 6.30. The molecule has 254 valence electrons. The summed E-state index contributed by atoms with van der Waals surface area (Å²) in [5, 5.41) is 8.03. The number of aromatic nitrogens is 3. The molecule has 2 fully saturated rings. The van der Waals surface area contributed by atoms with Crippen molar-refractivity contribution in [2.75, 3.05) is 32.1 Å². The molecule has 0 radical (unpaired) electrons. The van der Waals surface area contributed by atoms with Crippen molar-refractivity contribution in [3.8, 4) is 5.69 Å². The summed E-state index contributed by atoms with van der Waals surface area (Å²) in [6, 6.07) is 10.6. The standard InChI is InChI=1S/C35H40ClFN6O5/c1-20-24(19-38-43(20)28-8-6-7-25(36)30(28)37)33(45)42-16-13-29(41-14-11-23(47-5)12-15-41)31(42)32(44)39-22-9-10-26-21(17-22)18-27(40-26)34(46)48-35(2,3)4/h6-10,17-19,23,29,31,40H,11-16H2,1-5H3,(H,39,44)/t29-,31+/m0/s1. The second-order valence-corrected chi connectivity index (χ2v) is 13.8. The van der Waals surface area contributed by atoms with Crippen LogP contribution in [0.5, 0.6) is 0 Å². The quantitative estimate of drug-likeness (QED) is 0.239. The molecular weight excluding hydrogens is 639 g/mol. The second kappa shape index (κ2) is 13.3. The molecule has 0 bridgehead atoms. The number of nitrogens with zero attached hydrogens (tertiary/aromatic N) is 4. The third-order valence-corrected chi connectivity index (χ3v) is 9.37. The van der Waals surface area contributed by atoms with Gasteiger partial charge in [-0.25, -0.2) is 13.9 Å². The highest BCUT2D eigenvalue weighted by atomic mass is 35.5. The van der Waals surface area contributed by atoms with Crippen LogP contribution in [-0.4, -0.2) is 92.9 Å². The number of hydrogen-bond acceptors (Lipinski definition) is 7. The van der Waals surface area contributed by atoms with Crippen molar-refractivity contribution in [3.05, 3.63) is 76.5 Å². The number of esters is 1. The van der Waals surface area contributed by atoms with Gasteiger partial charge in [0.2, 0.25) is 5.91 Å². The number of ether oxygens (including phenoxy) is 2. The van der Waals surface area contributed by atoms with E-state index in [-0.39, 0.29) is 40.2 Å². The minimum absolute atomic E-state index is 0.0504. The number of aromatic amines is 1. The summed E-state index contributed by atoms with van der Waals surface area (Å²) in [7, 11) is 1.71. The van der Waals surface area contributed by atoms with E-state index in [0.29, 0.717) is 35.6 Å². The molecule has 4 heterocycles. The van der Waals surface area contributed by atoms with Gasteiger partial charge in [0.15, 0.2) is 5.82 Å². The van der Waals surface area contributed by atoms with Crippen LogP contribution >= 0.6 is 11.6 Å². The maximum absolute atomic E-state index is 14.9. The number of fused-ring (bicyclic) bond motifs is 1. The predicted molar refractivity (Wildman–Crippen MR) is 180 cm³/mol. The average Bonchev–Trinajstić information content (AvgIpc) is 3.78. The number of H-pyrrole nitrogens is 1. The molecule has 2 aliphatic rings. The van der Waals surface area contributed by atoms with Gasteiger partial charge in [0, 0.05) is 49.4 Å². The number of methoxy groups -OCH3 is 1. The lowest BCUT2D eigenvalue weighted by Crippen LogP contribution is -2.55. The highest BCUT2D eigenvalue weighted by Crippen LogP contribution is 2.31. The SMILES string of the molecule is COC1CCN([C@H]2CCN(C(=O)c3cnn(-c4cccc(Cl)c4F)c3C)[C@H]2C(=O)Nc2ccc3[nH]c(C(=O)OC(C)(C)C)cc3c2)CC1. The number of rotatable bonds is 7. The normalized spacial score (nSPS) is 19.2. The number of carbonyl (C=O) groups is 3. The molecule has 0 unspecified atom stereocenters. The number of piperidine rings is 1. The van der Waals surface area contributed by atoms with Crippen molar-refractivity contribution in [3.63, 3.8) is 0 Å². The van der Waals surface area contributed by atoms with E-state index in [0.717, 1.165) is 31.3 Å². The number of carbonyl (C=O) groups excluding carboxylic acids is 3. The summed E-state index contributed by atoms with van der Waals surface area (Å²) in [5.74, 6) is -1.80. The molecule has 2 aromatic heterocycles. The number of amides is 2. The Kier molecular flexibility index (Phi) is 9.34. The van der Waals surface area contributed by atoms with Crippen LogP contribution in [0.4, 0.5) is 10.1 Å². The number of likely N-dealkylation sites (tertiary alicyclic amines) is 2. The first-order chi connectivity index (χ1) is 22.8. The maximum atomic E-state index is 14.9. The van der Waals surface area contributed by atoms with Gasteiger partial charge in [-0.2, -0.15) is 5.10 Å². The van der Waals surface area contributed by atoms with Gasteiger partial charge in [-0.1, -0.05) is 17.7 Å². The molecular formula is C35H40ClFN6O5. The van der Waals surface area contributed by atoms with Gasteiger partial charge < -0.3 is 24.7 Å². The van der Waals surface area contributed by atoms with E-state index in [1.54, 1.807) is 76.1 Å². The maximum Gasteiger partial charge on any atom is 0.355 e. The Bertz CT molecular complexity index is 1860. The fraction of sp³-hybridized carbons (Fsp3) is 0.429. The van der Waals surface area contributed by atoms with Crippen LogP contribution in [0.3, 0.4) is 0 Å². The lowest BCUT2D eigenvalue weighted by Gasteiger charge is -2.38. The van der Waals surface area contributed by atoms with Crippen LogP contribution in [0.25, 0.3) is 16.6 Å². The Morgan fingerprint density at radius 1 is 1.06 bits per heavy atom. The molecule has 48 heavy (non-hydrogen) atoms. The van der Waals surface area contributed by atoms with Gasteiger partial charge >= 0.3 is 5.97 Å². The highest BCUT2D eigenvalue weighted by Gasteiger charge is 2.46. The van der Waals surface area contributed by atoms with E-state index in [2.05, 4.69) is 20.3 Å². The predicted octanol–water partition coefficient (Wildman–Crippen LogP) is 5.74. The zero-order chi connectivity index (χ0) is 34.3. The molecule has 2 amide bonds. The third-order valence-electron chi connectivity index (χ3n) is 9.08. The summed E-state index contributed by atoms with van der Waals surface area (Å²) in [6.45, 7) is 8.94. The number of hydrogen-bond donors (Lipinski definition) is 2. The van der Waals surface area contributed by atoms with Gasteiger partial charge in [0.05, 0.1) is 28.6 Å². The van der Waals surface area contributed by atoms with Crippen LogP contribution in [0.2, 0.25) is 5.02 Å². The second-order valence-electron chi connectivity index (χ2n) is 13.4. The monoisotopic (exact) mass is 678 g/mol. The van der Waals surface area contributed by atoms with Gasteiger partial charge in [-0.3, -0.25) is 14.5 Å².